The summed E-state index contributed by atoms with van der Waals surface area (Å²) in [5.41, 5.74) is 0. The first kappa shape index (κ1) is 9.31. The number of nitrogens with one attached hydrogen (secondary N) is 1. The Hall–Kier alpha value is -0.930. The highest BCUT2D eigenvalue weighted by Gasteiger charge is 2.17. The zero-order valence-electron chi connectivity index (χ0n) is 8.57. The fourth-order valence-electron chi connectivity index (χ4n) is 2.20. The molecule has 2 nitrogen and oxygen atoms in total. The standard InChI is InChI=1S/C12H14N2S/c1-2-9(7-13-4-1)12-6-10-8-14-5-3-11(10)15-12/h3,5-6,8-9,13H,1-2,4,7H2. The SMILES string of the molecule is c1cc2sc(C3CCCNC3)cc2cn1. The van der Waals surface area contributed by atoms with E-state index >= 15 is 0 Å². The van der Waals surface area contributed by atoms with Crippen molar-refractivity contribution in [3.8, 4) is 0 Å². The topological polar surface area (TPSA) is 24.9 Å². The number of aromatic nitrogens is 1. The zero-order chi connectivity index (χ0) is 10.1. The van der Waals surface area contributed by atoms with Gasteiger partial charge in [0.05, 0.1) is 0 Å². The molecule has 15 heavy (non-hydrogen) atoms. The lowest BCUT2D eigenvalue weighted by molar-refractivity contribution is 0.466. The Kier molecular flexibility index (Phi) is 2.43. The van der Waals surface area contributed by atoms with Gasteiger partial charge in [0.25, 0.3) is 0 Å². The molecule has 1 atom stereocenters. The molecule has 2 aromatic heterocycles. The van der Waals surface area contributed by atoms with E-state index in [2.05, 4.69) is 22.4 Å². The molecule has 0 amide bonds. The maximum atomic E-state index is 4.16. The summed E-state index contributed by atoms with van der Waals surface area (Å²) in [7, 11) is 0. The average molecular weight is 218 g/mol. The summed E-state index contributed by atoms with van der Waals surface area (Å²) < 4.78 is 1.37. The van der Waals surface area contributed by atoms with E-state index in [0.29, 0.717) is 0 Å². The fraction of sp³-hybridized carbons (Fsp3) is 0.417. The molecule has 1 fully saturated rings. The molecule has 1 saturated heterocycles. The van der Waals surface area contributed by atoms with Crippen LogP contribution in [0.3, 0.4) is 0 Å². The highest BCUT2D eigenvalue weighted by molar-refractivity contribution is 7.19. The Labute approximate surface area is 93.3 Å². The third-order valence-electron chi connectivity index (χ3n) is 3.03. The van der Waals surface area contributed by atoms with Gasteiger partial charge in [0, 0.05) is 39.8 Å². The van der Waals surface area contributed by atoms with Crippen LogP contribution in [0, 0.1) is 0 Å². The van der Waals surface area contributed by atoms with Gasteiger partial charge in [0.15, 0.2) is 0 Å². The van der Waals surface area contributed by atoms with Gasteiger partial charge in [-0.15, -0.1) is 11.3 Å². The summed E-state index contributed by atoms with van der Waals surface area (Å²) in [6.07, 6.45) is 6.47. The minimum absolute atomic E-state index is 0.719. The molecule has 3 heterocycles. The van der Waals surface area contributed by atoms with Crippen LogP contribution in [0.15, 0.2) is 24.5 Å². The molecular weight excluding hydrogens is 204 g/mol. The van der Waals surface area contributed by atoms with E-state index in [1.807, 2.05) is 23.7 Å². The van der Waals surface area contributed by atoms with Crippen LogP contribution in [-0.4, -0.2) is 18.1 Å². The van der Waals surface area contributed by atoms with E-state index in [0.717, 1.165) is 12.5 Å². The maximum absolute atomic E-state index is 4.16. The monoisotopic (exact) mass is 218 g/mol. The zero-order valence-corrected chi connectivity index (χ0v) is 9.39. The van der Waals surface area contributed by atoms with Crippen LogP contribution in [-0.2, 0) is 0 Å². The average Bonchev–Trinajstić information content (AvgIpc) is 2.74. The minimum atomic E-state index is 0.719. The van der Waals surface area contributed by atoms with Crippen molar-refractivity contribution in [2.24, 2.45) is 0 Å². The van der Waals surface area contributed by atoms with Crippen LogP contribution in [0.5, 0.6) is 0 Å². The van der Waals surface area contributed by atoms with Crippen molar-refractivity contribution in [3.05, 3.63) is 29.4 Å². The number of fused-ring (bicyclic) bond motifs is 1. The van der Waals surface area contributed by atoms with Crippen molar-refractivity contribution in [2.45, 2.75) is 18.8 Å². The Balaban J connectivity index is 1.96. The Morgan fingerprint density at radius 1 is 1.47 bits per heavy atom. The molecule has 3 rings (SSSR count). The van der Waals surface area contributed by atoms with Crippen LogP contribution in [0.25, 0.3) is 10.1 Å². The van der Waals surface area contributed by atoms with E-state index in [9.17, 15) is 0 Å². The molecule has 0 bridgehead atoms. The van der Waals surface area contributed by atoms with Crippen molar-refractivity contribution < 1.29 is 0 Å². The first-order valence-corrected chi connectivity index (χ1v) is 6.29. The van der Waals surface area contributed by atoms with Crippen LogP contribution in [0.2, 0.25) is 0 Å². The molecule has 1 N–H and O–H groups in total. The van der Waals surface area contributed by atoms with Crippen LogP contribution < -0.4 is 5.32 Å². The van der Waals surface area contributed by atoms with Crippen LogP contribution >= 0.6 is 11.3 Å². The van der Waals surface area contributed by atoms with E-state index < -0.39 is 0 Å². The highest BCUT2D eigenvalue weighted by atomic mass is 32.1. The van der Waals surface area contributed by atoms with Gasteiger partial charge in [-0.3, -0.25) is 4.98 Å². The lowest BCUT2D eigenvalue weighted by Crippen LogP contribution is -2.27. The summed E-state index contributed by atoms with van der Waals surface area (Å²) in [5, 5.41) is 4.76. The number of hydrogen-bond donors (Lipinski definition) is 1. The number of pyridine rings is 1. The summed E-state index contributed by atoms with van der Waals surface area (Å²) in [6, 6.07) is 4.42. The third-order valence-corrected chi connectivity index (χ3v) is 4.31. The minimum Gasteiger partial charge on any atom is -0.316 e. The van der Waals surface area contributed by atoms with Gasteiger partial charge in [-0.2, -0.15) is 0 Å². The summed E-state index contributed by atoms with van der Waals surface area (Å²) in [6.45, 7) is 2.32. The molecule has 0 spiro atoms. The lowest BCUT2D eigenvalue weighted by atomic mass is 9.98. The van der Waals surface area contributed by atoms with E-state index in [-0.39, 0.29) is 0 Å². The second kappa shape index (κ2) is 3.91. The molecule has 1 aliphatic heterocycles. The number of thiophene rings is 1. The maximum Gasteiger partial charge on any atom is 0.0376 e. The van der Waals surface area contributed by atoms with Gasteiger partial charge < -0.3 is 5.32 Å². The largest absolute Gasteiger partial charge is 0.316 e. The molecule has 0 saturated carbocycles. The summed E-state index contributed by atoms with van der Waals surface area (Å²) in [5.74, 6) is 0.719. The van der Waals surface area contributed by atoms with Gasteiger partial charge in [0.1, 0.15) is 0 Å². The first-order chi connectivity index (χ1) is 7.43. The molecule has 1 aliphatic rings. The number of rotatable bonds is 1. The van der Waals surface area contributed by atoms with E-state index in [4.69, 9.17) is 0 Å². The van der Waals surface area contributed by atoms with Gasteiger partial charge >= 0.3 is 0 Å². The number of piperidine rings is 1. The molecule has 0 aliphatic carbocycles. The molecular formula is C12H14N2S. The van der Waals surface area contributed by atoms with Crippen molar-refractivity contribution >= 4 is 21.4 Å². The predicted octanol–water partition coefficient (Wildman–Crippen LogP) is 2.76. The predicted molar refractivity (Wildman–Crippen MR) is 64.5 cm³/mol. The van der Waals surface area contributed by atoms with Crippen molar-refractivity contribution in [2.75, 3.05) is 13.1 Å². The van der Waals surface area contributed by atoms with Crippen LogP contribution in [0.1, 0.15) is 23.6 Å². The first-order valence-electron chi connectivity index (χ1n) is 5.47. The highest BCUT2D eigenvalue weighted by Crippen LogP contribution is 2.33. The van der Waals surface area contributed by atoms with Gasteiger partial charge in [-0.1, -0.05) is 0 Å². The Morgan fingerprint density at radius 2 is 2.47 bits per heavy atom. The second-order valence-corrected chi connectivity index (χ2v) is 5.22. The lowest BCUT2D eigenvalue weighted by Gasteiger charge is -2.21. The molecule has 0 aromatic carbocycles. The van der Waals surface area contributed by atoms with Gasteiger partial charge in [-0.05, 0) is 31.5 Å². The van der Waals surface area contributed by atoms with Crippen LogP contribution in [0.4, 0.5) is 0 Å². The van der Waals surface area contributed by atoms with Crippen molar-refractivity contribution in [3.63, 3.8) is 0 Å². The summed E-state index contributed by atoms with van der Waals surface area (Å²) >= 11 is 1.92. The Bertz CT molecular complexity index is 424. The number of nitrogens with zero attached hydrogens (tertiary/aromatic N) is 1. The third kappa shape index (κ3) is 1.77. The summed E-state index contributed by atoms with van der Waals surface area (Å²) in [4.78, 5) is 5.68. The molecule has 0 radical (unpaired) electrons. The smallest absolute Gasteiger partial charge is 0.0376 e. The quantitative estimate of drug-likeness (QED) is 0.796. The van der Waals surface area contributed by atoms with Crippen molar-refractivity contribution in [1.29, 1.82) is 0 Å². The van der Waals surface area contributed by atoms with Gasteiger partial charge in [-0.25, -0.2) is 0 Å². The Morgan fingerprint density at radius 3 is 3.27 bits per heavy atom. The molecule has 1 unspecified atom stereocenters. The molecule has 2 aromatic rings. The number of hydrogen-bond acceptors (Lipinski definition) is 3. The second-order valence-electron chi connectivity index (χ2n) is 4.11. The molecule has 78 valence electrons. The fourth-order valence-corrected chi connectivity index (χ4v) is 3.37. The van der Waals surface area contributed by atoms with E-state index in [1.165, 1.54) is 34.3 Å². The van der Waals surface area contributed by atoms with Gasteiger partial charge in [0.2, 0.25) is 0 Å². The van der Waals surface area contributed by atoms with Crippen molar-refractivity contribution in [1.82, 2.24) is 10.3 Å². The van der Waals surface area contributed by atoms with E-state index in [1.54, 1.807) is 0 Å². The normalized spacial score (nSPS) is 22.0. The molecule has 3 heteroatoms.